The van der Waals surface area contributed by atoms with E-state index in [4.69, 9.17) is 4.74 Å². The largest absolute Gasteiger partial charge is 0.483 e. The number of rotatable bonds is 10. The number of aliphatic hydroxyl groups is 1. The average Bonchev–Trinajstić information content (AvgIpc) is 2.80. The van der Waals surface area contributed by atoms with E-state index in [-0.39, 0.29) is 11.3 Å². The molecule has 174 valence electrons. The fraction of sp³-hybridized carbons (Fsp3) is 0.240. The van der Waals surface area contributed by atoms with Gasteiger partial charge in [-0.1, -0.05) is 60.7 Å². The third-order valence-electron chi connectivity index (χ3n) is 5.00. The monoisotopic (exact) mass is 459 g/mol. The summed E-state index contributed by atoms with van der Waals surface area (Å²) in [5.74, 6) is -1.69. The van der Waals surface area contributed by atoms with Gasteiger partial charge in [-0.25, -0.2) is 4.79 Å². The number of carboxylic acid groups (broad SMARTS) is 1. The summed E-state index contributed by atoms with van der Waals surface area (Å²) in [7, 11) is 0. The quantitative estimate of drug-likeness (QED) is 0.378. The normalized spacial score (nSPS) is 12.4. The molecule has 3 rings (SSSR count). The predicted molar refractivity (Wildman–Crippen MR) is 118 cm³/mol. The standard InChI is InChI=1S/C25H24F3NO4/c26-25(27,28)16-33-23-14-20(10-11-21(23)24(31)32)18-8-6-17(7-9-18)12-13-29-15-22(30)19-4-2-1-3-5-19/h1-11,14,22,29-30H,12-13,15-16H2,(H,31,32)/t22-/m0/s1. The summed E-state index contributed by atoms with van der Waals surface area (Å²) < 4.78 is 42.3. The van der Waals surface area contributed by atoms with Gasteiger partial charge in [0.15, 0.2) is 6.61 Å². The van der Waals surface area contributed by atoms with Gasteiger partial charge in [0.05, 0.1) is 6.10 Å². The molecular weight excluding hydrogens is 435 g/mol. The highest BCUT2D eigenvalue weighted by Crippen LogP contribution is 2.29. The highest BCUT2D eigenvalue weighted by molar-refractivity contribution is 5.92. The molecule has 0 bridgehead atoms. The van der Waals surface area contributed by atoms with Crippen molar-refractivity contribution in [2.24, 2.45) is 0 Å². The van der Waals surface area contributed by atoms with E-state index in [2.05, 4.69) is 5.32 Å². The first-order valence-corrected chi connectivity index (χ1v) is 10.3. The Labute approximate surface area is 189 Å². The molecule has 0 aliphatic carbocycles. The summed E-state index contributed by atoms with van der Waals surface area (Å²) in [5.41, 5.74) is 2.83. The lowest BCUT2D eigenvalue weighted by atomic mass is 10.0. The van der Waals surface area contributed by atoms with Crippen LogP contribution in [0.3, 0.4) is 0 Å². The van der Waals surface area contributed by atoms with Gasteiger partial charge in [-0.15, -0.1) is 0 Å². The van der Waals surface area contributed by atoms with Crippen LogP contribution in [0.2, 0.25) is 0 Å². The van der Waals surface area contributed by atoms with E-state index in [1.54, 1.807) is 0 Å². The topological polar surface area (TPSA) is 78.8 Å². The fourth-order valence-corrected chi connectivity index (χ4v) is 3.29. The summed E-state index contributed by atoms with van der Waals surface area (Å²) in [6, 6.07) is 20.9. The van der Waals surface area contributed by atoms with E-state index >= 15 is 0 Å². The number of alkyl halides is 3. The second-order valence-electron chi connectivity index (χ2n) is 7.50. The number of nitrogens with one attached hydrogen (secondary N) is 1. The highest BCUT2D eigenvalue weighted by atomic mass is 19.4. The number of hydrogen-bond acceptors (Lipinski definition) is 4. The molecule has 0 fully saturated rings. The third-order valence-corrected chi connectivity index (χ3v) is 5.00. The molecule has 0 unspecified atom stereocenters. The van der Waals surface area contributed by atoms with Crippen LogP contribution in [0.15, 0.2) is 72.8 Å². The molecule has 33 heavy (non-hydrogen) atoms. The minimum Gasteiger partial charge on any atom is -0.483 e. The van der Waals surface area contributed by atoms with E-state index < -0.39 is 24.9 Å². The number of carbonyl (C=O) groups is 1. The molecule has 0 heterocycles. The number of hydrogen-bond donors (Lipinski definition) is 3. The van der Waals surface area contributed by atoms with Crippen LogP contribution in [-0.4, -0.2) is 42.1 Å². The number of ether oxygens (including phenoxy) is 1. The summed E-state index contributed by atoms with van der Waals surface area (Å²) >= 11 is 0. The van der Waals surface area contributed by atoms with Crippen LogP contribution in [0.1, 0.15) is 27.6 Å². The van der Waals surface area contributed by atoms with Crippen LogP contribution in [0.25, 0.3) is 11.1 Å². The summed E-state index contributed by atoms with van der Waals surface area (Å²) in [6.45, 7) is -0.480. The van der Waals surface area contributed by atoms with Crippen molar-refractivity contribution in [3.63, 3.8) is 0 Å². The van der Waals surface area contributed by atoms with Crippen molar-refractivity contribution in [1.82, 2.24) is 5.32 Å². The number of aliphatic hydroxyl groups excluding tert-OH is 1. The van der Waals surface area contributed by atoms with E-state index in [1.165, 1.54) is 18.2 Å². The number of aromatic carboxylic acids is 1. The Balaban J connectivity index is 1.59. The minimum atomic E-state index is -4.57. The lowest BCUT2D eigenvalue weighted by molar-refractivity contribution is -0.153. The highest BCUT2D eigenvalue weighted by Gasteiger charge is 2.29. The van der Waals surface area contributed by atoms with Gasteiger partial charge in [0.1, 0.15) is 11.3 Å². The lowest BCUT2D eigenvalue weighted by Crippen LogP contribution is -2.23. The van der Waals surface area contributed by atoms with Crippen molar-refractivity contribution >= 4 is 5.97 Å². The van der Waals surface area contributed by atoms with Crippen LogP contribution in [0.4, 0.5) is 13.2 Å². The molecule has 3 aromatic carbocycles. The molecule has 0 aromatic heterocycles. The maximum atomic E-state index is 12.5. The van der Waals surface area contributed by atoms with Gasteiger partial charge < -0.3 is 20.3 Å². The molecule has 0 amide bonds. The first-order chi connectivity index (χ1) is 15.7. The van der Waals surface area contributed by atoms with Crippen molar-refractivity contribution in [2.45, 2.75) is 18.7 Å². The molecule has 3 N–H and O–H groups in total. The molecular formula is C25H24F3NO4. The van der Waals surface area contributed by atoms with Crippen molar-refractivity contribution < 1.29 is 32.9 Å². The molecule has 8 heteroatoms. The van der Waals surface area contributed by atoms with Crippen molar-refractivity contribution in [2.75, 3.05) is 19.7 Å². The van der Waals surface area contributed by atoms with Crippen LogP contribution < -0.4 is 10.1 Å². The first-order valence-electron chi connectivity index (χ1n) is 10.3. The molecule has 0 aliphatic heterocycles. The molecule has 0 aliphatic rings. The Bertz CT molecular complexity index is 1050. The lowest BCUT2D eigenvalue weighted by Gasteiger charge is -2.13. The van der Waals surface area contributed by atoms with Gasteiger partial charge in [0, 0.05) is 6.54 Å². The number of carboxylic acids is 1. The molecule has 0 saturated heterocycles. The van der Waals surface area contributed by atoms with Crippen LogP contribution in [0, 0.1) is 0 Å². The maximum Gasteiger partial charge on any atom is 0.422 e. The SMILES string of the molecule is O=C(O)c1ccc(-c2ccc(CCNC[C@H](O)c3ccccc3)cc2)cc1OCC(F)(F)F. The third kappa shape index (κ3) is 7.34. The van der Waals surface area contributed by atoms with E-state index in [9.17, 15) is 28.2 Å². The zero-order valence-corrected chi connectivity index (χ0v) is 17.7. The summed E-state index contributed by atoms with van der Waals surface area (Å²) in [6.07, 6.45) is -4.44. The van der Waals surface area contributed by atoms with Crippen molar-refractivity contribution in [3.05, 3.63) is 89.5 Å². The number of halogens is 3. The van der Waals surface area contributed by atoms with Crippen LogP contribution in [0.5, 0.6) is 5.75 Å². The maximum absolute atomic E-state index is 12.5. The second kappa shape index (κ2) is 11.0. The van der Waals surface area contributed by atoms with E-state index in [1.807, 2.05) is 54.6 Å². The Hall–Kier alpha value is -3.36. The molecule has 3 aromatic rings. The Kier molecular flexibility index (Phi) is 8.08. The Morgan fingerprint density at radius 1 is 0.970 bits per heavy atom. The molecule has 1 atom stereocenters. The minimum absolute atomic E-state index is 0.330. The van der Waals surface area contributed by atoms with E-state index in [0.717, 1.165) is 23.1 Å². The average molecular weight is 459 g/mol. The summed E-state index contributed by atoms with van der Waals surface area (Å²) in [5, 5.41) is 22.6. The fourth-order valence-electron chi connectivity index (χ4n) is 3.29. The first kappa shape index (κ1) is 24.3. The second-order valence-corrected chi connectivity index (χ2v) is 7.50. The zero-order valence-electron chi connectivity index (χ0n) is 17.7. The Morgan fingerprint density at radius 3 is 2.27 bits per heavy atom. The smallest absolute Gasteiger partial charge is 0.422 e. The Morgan fingerprint density at radius 2 is 1.64 bits per heavy atom. The van der Waals surface area contributed by atoms with Gasteiger partial charge in [0.25, 0.3) is 0 Å². The molecule has 0 spiro atoms. The molecule has 0 radical (unpaired) electrons. The number of benzene rings is 3. The van der Waals surface area contributed by atoms with Crippen LogP contribution >= 0.6 is 0 Å². The van der Waals surface area contributed by atoms with Gasteiger partial charge in [0.2, 0.25) is 0 Å². The van der Waals surface area contributed by atoms with Crippen molar-refractivity contribution in [1.29, 1.82) is 0 Å². The summed E-state index contributed by atoms with van der Waals surface area (Å²) in [4.78, 5) is 11.3. The van der Waals surface area contributed by atoms with Gasteiger partial charge >= 0.3 is 12.1 Å². The van der Waals surface area contributed by atoms with Crippen LogP contribution in [-0.2, 0) is 6.42 Å². The van der Waals surface area contributed by atoms with Gasteiger partial charge in [-0.2, -0.15) is 13.2 Å². The van der Waals surface area contributed by atoms with E-state index in [0.29, 0.717) is 18.7 Å². The van der Waals surface area contributed by atoms with Gasteiger partial charge in [-0.3, -0.25) is 0 Å². The predicted octanol–water partition coefficient (Wildman–Crippen LogP) is 4.86. The van der Waals surface area contributed by atoms with Crippen molar-refractivity contribution in [3.8, 4) is 16.9 Å². The molecule has 5 nitrogen and oxygen atoms in total. The molecule has 0 saturated carbocycles. The zero-order chi connectivity index (χ0) is 23.8. The van der Waals surface area contributed by atoms with Gasteiger partial charge in [-0.05, 0) is 47.4 Å².